The average Bonchev–Trinajstić information content (AvgIpc) is 3.44. The highest BCUT2D eigenvalue weighted by molar-refractivity contribution is 5.93. The van der Waals surface area contributed by atoms with Crippen molar-refractivity contribution in [2.75, 3.05) is 20.3 Å². The van der Waals surface area contributed by atoms with Gasteiger partial charge in [0.05, 0.1) is 37.8 Å². The lowest BCUT2D eigenvalue weighted by Gasteiger charge is -2.17. The molecule has 1 aliphatic rings. The lowest BCUT2D eigenvalue weighted by atomic mass is 9.98. The maximum Gasteiger partial charge on any atom is 0.269 e. The Morgan fingerprint density at radius 3 is 2.82 bits per heavy atom. The number of nitrogens with zero attached hydrogens (tertiary/aromatic N) is 2. The van der Waals surface area contributed by atoms with E-state index in [1.165, 1.54) is 0 Å². The van der Waals surface area contributed by atoms with Gasteiger partial charge < -0.3 is 19.3 Å². The fourth-order valence-electron chi connectivity index (χ4n) is 3.32. The standard InChI is InChI=1S/C20H22N4O4/c1-12-7-16(28-24-12)8-14-10-27-11-19(14)21-20(25)18-9-17(22-23-18)13-3-5-15(26-2)6-4-13/h3-7,9,14,19H,8,10-11H2,1-2H3,(H,21,25)(H,22,23). The maximum atomic E-state index is 12.7. The van der Waals surface area contributed by atoms with E-state index < -0.39 is 0 Å². The predicted octanol–water partition coefficient (Wildman–Crippen LogP) is 2.37. The van der Waals surface area contributed by atoms with Crippen LogP contribution in [0.5, 0.6) is 5.75 Å². The van der Waals surface area contributed by atoms with Crippen LogP contribution < -0.4 is 10.1 Å². The third kappa shape index (κ3) is 3.91. The van der Waals surface area contributed by atoms with Crippen LogP contribution >= 0.6 is 0 Å². The van der Waals surface area contributed by atoms with Crippen molar-refractivity contribution in [3.63, 3.8) is 0 Å². The minimum atomic E-state index is -0.207. The van der Waals surface area contributed by atoms with Crippen LogP contribution in [0, 0.1) is 12.8 Å². The third-order valence-electron chi connectivity index (χ3n) is 4.86. The van der Waals surface area contributed by atoms with Gasteiger partial charge in [0, 0.05) is 24.0 Å². The summed E-state index contributed by atoms with van der Waals surface area (Å²) in [5, 5.41) is 14.0. The number of nitrogens with one attached hydrogen (secondary N) is 2. The molecule has 1 aromatic carbocycles. The van der Waals surface area contributed by atoms with Gasteiger partial charge in [-0.25, -0.2) is 0 Å². The van der Waals surface area contributed by atoms with Gasteiger partial charge in [-0.2, -0.15) is 5.10 Å². The molecule has 0 radical (unpaired) electrons. The topological polar surface area (TPSA) is 102 Å². The van der Waals surface area contributed by atoms with E-state index in [0.29, 0.717) is 31.0 Å². The summed E-state index contributed by atoms with van der Waals surface area (Å²) < 4.78 is 16.0. The van der Waals surface area contributed by atoms with Crippen molar-refractivity contribution in [2.24, 2.45) is 5.92 Å². The van der Waals surface area contributed by atoms with Gasteiger partial charge in [0.2, 0.25) is 0 Å². The van der Waals surface area contributed by atoms with Crippen molar-refractivity contribution in [3.05, 3.63) is 53.5 Å². The van der Waals surface area contributed by atoms with Gasteiger partial charge in [0.15, 0.2) is 0 Å². The van der Waals surface area contributed by atoms with Crippen molar-refractivity contribution >= 4 is 5.91 Å². The summed E-state index contributed by atoms with van der Waals surface area (Å²) >= 11 is 0. The van der Waals surface area contributed by atoms with E-state index in [2.05, 4.69) is 20.7 Å². The number of hydrogen-bond donors (Lipinski definition) is 2. The second kappa shape index (κ2) is 7.85. The molecule has 146 valence electrons. The molecule has 8 nitrogen and oxygen atoms in total. The van der Waals surface area contributed by atoms with Crippen molar-refractivity contribution in [1.82, 2.24) is 20.7 Å². The number of carbonyl (C=O) groups excluding carboxylic acids is 1. The molecule has 0 bridgehead atoms. The van der Waals surface area contributed by atoms with E-state index in [1.807, 2.05) is 37.3 Å². The van der Waals surface area contributed by atoms with Gasteiger partial charge in [0.1, 0.15) is 17.2 Å². The number of aromatic amines is 1. The number of rotatable bonds is 6. The number of ether oxygens (including phenoxy) is 2. The van der Waals surface area contributed by atoms with E-state index in [4.69, 9.17) is 14.0 Å². The molecule has 4 rings (SSSR count). The van der Waals surface area contributed by atoms with Crippen LogP contribution in [0.3, 0.4) is 0 Å². The average molecular weight is 382 g/mol. The molecule has 3 aromatic rings. The Kier molecular flexibility index (Phi) is 5.12. The van der Waals surface area contributed by atoms with Crippen LogP contribution in [0.2, 0.25) is 0 Å². The highest BCUT2D eigenvalue weighted by Gasteiger charge is 2.31. The van der Waals surface area contributed by atoms with E-state index in [1.54, 1.807) is 13.2 Å². The van der Waals surface area contributed by atoms with Crippen LogP contribution in [0.4, 0.5) is 0 Å². The Balaban J connectivity index is 1.41. The summed E-state index contributed by atoms with van der Waals surface area (Å²) in [6.45, 7) is 2.93. The minimum Gasteiger partial charge on any atom is -0.497 e. The highest BCUT2D eigenvalue weighted by atomic mass is 16.5. The molecule has 1 saturated heterocycles. The van der Waals surface area contributed by atoms with Crippen LogP contribution in [0.25, 0.3) is 11.3 Å². The Bertz CT molecular complexity index is 947. The van der Waals surface area contributed by atoms with Crippen LogP contribution in [-0.2, 0) is 11.2 Å². The summed E-state index contributed by atoms with van der Waals surface area (Å²) in [6, 6.07) is 11.1. The second-order valence-corrected chi connectivity index (χ2v) is 6.91. The summed E-state index contributed by atoms with van der Waals surface area (Å²) in [6.07, 6.45) is 0.672. The molecule has 2 N–H and O–H groups in total. The van der Waals surface area contributed by atoms with E-state index in [9.17, 15) is 4.79 Å². The summed E-state index contributed by atoms with van der Waals surface area (Å²) in [7, 11) is 1.62. The molecule has 0 saturated carbocycles. The molecule has 0 spiro atoms. The first-order valence-electron chi connectivity index (χ1n) is 9.13. The van der Waals surface area contributed by atoms with E-state index >= 15 is 0 Å². The first-order valence-corrected chi connectivity index (χ1v) is 9.13. The first kappa shape index (κ1) is 18.2. The summed E-state index contributed by atoms with van der Waals surface area (Å²) in [4.78, 5) is 12.7. The molecule has 8 heteroatoms. The van der Waals surface area contributed by atoms with Crippen LogP contribution in [0.1, 0.15) is 21.9 Å². The van der Waals surface area contributed by atoms with Gasteiger partial charge in [-0.1, -0.05) is 5.16 Å². The molecular weight excluding hydrogens is 360 g/mol. The number of amides is 1. The second-order valence-electron chi connectivity index (χ2n) is 6.91. The molecule has 1 amide bonds. The molecule has 1 fully saturated rings. The van der Waals surface area contributed by atoms with Crippen molar-refractivity contribution in [1.29, 1.82) is 0 Å². The Labute approximate surface area is 162 Å². The molecule has 2 aromatic heterocycles. The minimum absolute atomic E-state index is 0.0920. The zero-order chi connectivity index (χ0) is 19.5. The number of aryl methyl sites for hydroxylation is 1. The summed E-state index contributed by atoms with van der Waals surface area (Å²) in [5.74, 6) is 1.50. The molecule has 0 aliphatic carbocycles. The normalized spacial score (nSPS) is 18.9. The molecule has 2 atom stereocenters. The van der Waals surface area contributed by atoms with E-state index in [-0.39, 0.29) is 17.9 Å². The monoisotopic (exact) mass is 382 g/mol. The van der Waals surface area contributed by atoms with Gasteiger partial charge in [-0.15, -0.1) is 0 Å². The Morgan fingerprint density at radius 1 is 1.29 bits per heavy atom. The number of benzene rings is 1. The molecule has 2 unspecified atom stereocenters. The van der Waals surface area contributed by atoms with Gasteiger partial charge in [-0.3, -0.25) is 9.89 Å². The molecule has 28 heavy (non-hydrogen) atoms. The summed E-state index contributed by atoms with van der Waals surface area (Å²) in [5.41, 5.74) is 2.85. The number of aromatic nitrogens is 3. The predicted molar refractivity (Wildman–Crippen MR) is 101 cm³/mol. The number of methoxy groups -OCH3 is 1. The van der Waals surface area contributed by atoms with Crippen molar-refractivity contribution in [2.45, 2.75) is 19.4 Å². The Morgan fingerprint density at radius 2 is 2.11 bits per heavy atom. The Hall–Kier alpha value is -3.13. The maximum absolute atomic E-state index is 12.7. The van der Waals surface area contributed by atoms with Crippen molar-refractivity contribution in [3.8, 4) is 17.0 Å². The zero-order valence-corrected chi connectivity index (χ0v) is 15.8. The lowest BCUT2D eigenvalue weighted by molar-refractivity contribution is 0.0919. The van der Waals surface area contributed by atoms with E-state index in [0.717, 1.165) is 22.8 Å². The molecular formula is C20H22N4O4. The van der Waals surface area contributed by atoms with Crippen molar-refractivity contribution < 1.29 is 18.8 Å². The SMILES string of the molecule is COc1ccc(-c2cc(C(=O)NC3COCC3Cc3cc(C)no3)[nH]n2)cc1. The first-order chi connectivity index (χ1) is 13.6. The van der Waals surface area contributed by atoms with Crippen LogP contribution in [-0.4, -0.2) is 47.6 Å². The zero-order valence-electron chi connectivity index (χ0n) is 15.8. The van der Waals surface area contributed by atoms with Gasteiger partial charge >= 0.3 is 0 Å². The lowest BCUT2D eigenvalue weighted by Crippen LogP contribution is -2.40. The fraction of sp³-hybridized carbons (Fsp3) is 0.350. The molecule has 1 aliphatic heterocycles. The molecule has 3 heterocycles. The van der Waals surface area contributed by atoms with Gasteiger partial charge in [0.25, 0.3) is 5.91 Å². The number of carbonyl (C=O) groups is 1. The van der Waals surface area contributed by atoms with Crippen LogP contribution in [0.15, 0.2) is 40.9 Å². The largest absolute Gasteiger partial charge is 0.497 e. The quantitative estimate of drug-likeness (QED) is 0.679. The van der Waals surface area contributed by atoms with Gasteiger partial charge in [-0.05, 0) is 37.3 Å². The smallest absolute Gasteiger partial charge is 0.269 e. The third-order valence-corrected chi connectivity index (χ3v) is 4.86. The fourth-order valence-corrected chi connectivity index (χ4v) is 3.32. The number of hydrogen-bond acceptors (Lipinski definition) is 6. The highest BCUT2D eigenvalue weighted by Crippen LogP contribution is 2.22. The number of H-pyrrole nitrogens is 1.